The van der Waals surface area contributed by atoms with Gasteiger partial charge in [0.25, 0.3) is 5.91 Å². The zero-order chi connectivity index (χ0) is 16.0. The van der Waals surface area contributed by atoms with Crippen LogP contribution in [0.5, 0.6) is 0 Å². The number of nitrogens with one attached hydrogen (secondary N) is 1. The summed E-state index contributed by atoms with van der Waals surface area (Å²) in [6.07, 6.45) is 0.394. The minimum absolute atomic E-state index is 0.182. The van der Waals surface area contributed by atoms with Crippen molar-refractivity contribution < 1.29 is 14.7 Å². The van der Waals surface area contributed by atoms with Gasteiger partial charge in [-0.1, -0.05) is 32.4 Å². The highest BCUT2D eigenvalue weighted by Gasteiger charge is 2.23. The Labute approximate surface area is 134 Å². The van der Waals surface area contributed by atoms with Gasteiger partial charge in [-0.15, -0.1) is 11.8 Å². The van der Waals surface area contributed by atoms with Crippen LogP contribution in [-0.4, -0.2) is 28.8 Å². The first kappa shape index (κ1) is 17.9. The van der Waals surface area contributed by atoms with Crippen LogP contribution in [0.15, 0.2) is 23.1 Å². The van der Waals surface area contributed by atoms with E-state index in [2.05, 4.69) is 5.32 Å². The summed E-state index contributed by atoms with van der Waals surface area (Å²) in [5.41, 5.74) is 0.459. The Hall–Kier alpha value is -1.20. The van der Waals surface area contributed by atoms with Crippen LogP contribution in [0.3, 0.4) is 0 Å². The van der Waals surface area contributed by atoms with Gasteiger partial charge in [-0.2, -0.15) is 0 Å². The number of halogens is 1. The van der Waals surface area contributed by atoms with Gasteiger partial charge in [0.2, 0.25) is 0 Å². The first-order chi connectivity index (χ1) is 9.85. The molecule has 1 atom stereocenters. The lowest BCUT2D eigenvalue weighted by molar-refractivity contribution is -0.139. The molecule has 1 aromatic carbocycles. The number of hydrogen-bond donors (Lipinski definition) is 2. The Morgan fingerprint density at radius 1 is 1.38 bits per heavy atom. The molecule has 0 aliphatic rings. The van der Waals surface area contributed by atoms with Crippen molar-refractivity contribution >= 4 is 35.2 Å². The number of carboxylic acids is 1. The molecule has 0 spiro atoms. The Kier molecular flexibility index (Phi) is 7.05. The maximum atomic E-state index is 12.3. The smallest absolute Gasteiger partial charge is 0.326 e. The summed E-state index contributed by atoms with van der Waals surface area (Å²) in [5.74, 6) is -0.415. The maximum absolute atomic E-state index is 12.3. The number of hydrogen-bond acceptors (Lipinski definition) is 3. The molecule has 0 bridgehead atoms. The predicted molar refractivity (Wildman–Crippen MR) is 86.2 cm³/mol. The number of carboxylic acid groups (broad SMARTS) is 1. The molecule has 2 N–H and O–H groups in total. The molecule has 1 rings (SSSR count). The Morgan fingerprint density at radius 2 is 2.05 bits per heavy atom. The summed E-state index contributed by atoms with van der Waals surface area (Å²) in [5, 5.41) is 12.3. The van der Waals surface area contributed by atoms with E-state index in [1.807, 2.05) is 20.8 Å². The zero-order valence-corrected chi connectivity index (χ0v) is 13.9. The van der Waals surface area contributed by atoms with Crippen LogP contribution in [0.1, 0.15) is 37.6 Å². The zero-order valence-electron chi connectivity index (χ0n) is 12.4. The van der Waals surface area contributed by atoms with Crippen molar-refractivity contribution in [1.82, 2.24) is 5.32 Å². The van der Waals surface area contributed by atoms with Gasteiger partial charge in [0.05, 0.1) is 5.56 Å². The van der Waals surface area contributed by atoms with Gasteiger partial charge in [-0.3, -0.25) is 4.79 Å². The number of carbonyl (C=O) groups is 2. The molecule has 0 saturated carbocycles. The highest BCUT2D eigenvalue weighted by Crippen LogP contribution is 2.26. The monoisotopic (exact) mass is 329 g/mol. The molecule has 0 unspecified atom stereocenters. The fraction of sp³-hybridized carbons (Fsp3) is 0.467. The molecule has 0 aliphatic heterocycles. The fourth-order valence-corrected chi connectivity index (χ4v) is 2.96. The second-order valence-electron chi connectivity index (χ2n) is 5.07. The predicted octanol–water partition coefficient (Wildman–Crippen LogP) is 3.68. The van der Waals surface area contributed by atoms with Crippen molar-refractivity contribution in [2.75, 3.05) is 5.75 Å². The standard InChI is InChI=1S/C15H20ClNO3S/c1-4-21-13-8-10(16)5-6-11(13)14(18)17-12(15(19)20)7-9(2)3/h5-6,8-9,12H,4,7H2,1-3H3,(H,17,18)(H,19,20)/t12-/m1/s1. The van der Waals surface area contributed by atoms with E-state index in [4.69, 9.17) is 11.6 Å². The van der Waals surface area contributed by atoms with E-state index < -0.39 is 12.0 Å². The third kappa shape index (κ3) is 5.59. The largest absolute Gasteiger partial charge is 0.480 e. The topological polar surface area (TPSA) is 66.4 Å². The minimum atomic E-state index is -1.02. The van der Waals surface area contributed by atoms with E-state index >= 15 is 0 Å². The van der Waals surface area contributed by atoms with Gasteiger partial charge in [0, 0.05) is 9.92 Å². The van der Waals surface area contributed by atoms with E-state index in [9.17, 15) is 14.7 Å². The van der Waals surface area contributed by atoms with E-state index in [0.717, 1.165) is 10.6 Å². The molecule has 6 heteroatoms. The van der Waals surface area contributed by atoms with E-state index in [1.165, 1.54) is 11.8 Å². The van der Waals surface area contributed by atoms with E-state index in [1.54, 1.807) is 18.2 Å². The number of aliphatic carboxylic acids is 1. The minimum Gasteiger partial charge on any atom is -0.480 e. The van der Waals surface area contributed by atoms with Gasteiger partial charge >= 0.3 is 5.97 Å². The summed E-state index contributed by atoms with van der Waals surface area (Å²) in [7, 11) is 0. The normalized spacial score (nSPS) is 12.2. The molecule has 1 amide bonds. The summed E-state index contributed by atoms with van der Waals surface area (Å²) in [6, 6.07) is 4.11. The lowest BCUT2D eigenvalue weighted by atomic mass is 10.0. The highest BCUT2D eigenvalue weighted by molar-refractivity contribution is 7.99. The Bertz CT molecular complexity index is 520. The second-order valence-corrected chi connectivity index (χ2v) is 6.81. The maximum Gasteiger partial charge on any atom is 0.326 e. The highest BCUT2D eigenvalue weighted by atomic mass is 35.5. The lowest BCUT2D eigenvalue weighted by Gasteiger charge is -2.17. The summed E-state index contributed by atoms with van der Waals surface area (Å²) in [6.45, 7) is 5.82. The van der Waals surface area contributed by atoms with Gasteiger partial charge in [-0.05, 0) is 36.3 Å². The van der Waals surface area contributed by atoms with Gasteiger partial charge in [0.1, 0.15) is 6.04 Å². The van der Waals surface area contributed by atoms with Crippen LogP contribution in [-0.2, 0) is 4.79 Å². The third-order valence-corrected chi connectivity index (χ3v) is 3.97. The van der Waals surface area contributed by atoms with E-state index in [-0.39, 0.29) is 11.8 Å². The molecule has 0 fully saturated rings. The summed E-state index contributed by atoms with van der Waals surface area (Å²) < 4.78 is 0. The Morgan fingerprint density at radius 3 is 2.57 bits per heavy atom. The molecule has 4 nitrogen and oxygen atoms in total. The molecule has 0 radical (unpaired) electrons. The van der Waals surface area contributed by atoms with Crippen LogP contribution in [0.2, 0.25) is 5.02 Å². The SMILES string of the molecule is CCSc1cc(Cl)ccc1C(=O)N[C@H](CC(C)C)C(=O)O. The number of amides is 1. The van der Waals surface area contributed by atoms with Crippen molar-refractivity contribution in [2.24, 2.45) is 5.92 Å². The van der Waals surface area contributed by atoms with Crippen molar-refractivity contribution in [3.63, 3.8) is 0 Å². The molecule has 0 saturated heterocycles. The number of rotatable bonds is 7. The molecule has 0 aliphatic carbocycles. The Balaban J connectivity index is 2.94. The number of benzene rings is 1. The van der Waals surface area contributed by atoms with Gasteiger partial charge in [0.15, 0.2) is 0 Å². The van der Waals surface area contributed by atoms with Crippen LogP contribution in [0, 0.1) is 5.92 Å². The van der Waals surface area contributed by atoms with Crippen LogP contribution in [0.25, 0.3) is 0 Å². The molecular weight excluding hydrogens is 310 g/mol. The van der Waals surface area contributed by atoms with Crippen LogP contribution >= 0.6 is 23.4 Å². The second kappa shape index (κ2) is 8.29. The van der Waals surface area contributed by atoms with Crippen LogP contribution in [0.4, 0.5) is 0 Å². The van der Waals surface area contributed by atoms with E-state index in [0.29, 0.717) is 17.0 Å². The summed E-state index contributed by atoms with van der Waals surface area (Å²) in [4.78, 5) is 24.3. The number of carbonyl (C=O) groups excluding carboxylic acids is 1. The quantitative estimate of drug-likeness (QED) is 0.749. The van der Waals surface area contributed by atoms with Crippen LogP contribution < -0.4 is 5.32 Å². The molecular formula is C15H20ClNO3S. The fourth-order valence-electron chi connectivity index (χ4n) is 1.89. The average molecular weight is 330 g/mol. The third-order valence-electron chi connectivity index (χ3n) is 2.80. The first-order valence-corrected chi connectivity index (χ1v) is 8.17. The van der Waals surface area contributed by atoms with Gasteiger partial charge < -0.3 is 10.4 Å². The number of thioether (sulfide) groups is 1. The lowest BCUT2D eigenvalue weighted by Crippen LogP contribution is -2.41. The van der Waals surface area contributed by atoms with Gasteiger partial charge in [-0.25, -0.2) is 4.79 Å². The summed E-state index contributed by atoms with van der Waals surface area (Å²) >= 11 is 7.44. The molecule has 21 heavy (non-hydrogen) atoms. The van der Waals surface area contributed by atoms with Crippen molar-refractivity contribution in [2.45, 2.75) is 38.1 Å². The van der Waals surface area contributed by atoms with Crippen molar-refractivity contribution in [3.8, 4) is 0 Å². The molecule has 116 valence electrons. The van der Waals surface area contributed by atoms with Crippen molar-refractivity contribution in [3.05, 3.63) is 28.8 Å². The first-order valence-electron chi connectivity index (χ1n) is 6.81. The average Bonchev–Trinajstić information content (AvgIpc) is 2.37. The molecule has 1 aromatic rings. The molecule has 0 aromatic heterocycles. The van der Waals surface area contributed by atoms with Crippen molar-refractivity contribution in [1.29, 1.82) is 0 Å². The molecule has 0 heterocycles.